The lowest BCUT2D eigenvalue weighted by atomic mass is 10.2. The van der Waals surface area contributed by atoms with Gasteiger partial charge in [-0.1, -0.05) is 12.1 Å². The number of hydrogen-bond acceptors (Lipinski definition) is 2. The molecule has 0 amide bonds. The average Bonchev–Trinajstić information content (AvgIpc) is 2.24. The van der Waals surface area contributed by atoms with E-state index in [0.717, 1.165) is 12.1 Å². The summed E-state index contributed by atoms with van der Waals surface area (Å²) in [5.41, 5.74) is 7.89. The SMILES string of the molecule is COCCCN=C(N)Nc1cccc(C)c1.I. The molecule has 0 atom stereocenters. The fourth-order valence-corrected chi connectivity index (χ4v) is 1.32. The van der Waals surface area contributed by atoms with Crippen LogP contribution in [0.25, 0.3) is 0 Å². The van der Waals surface area contributed by atoms with E-state index in [0.29, 0.717) is 19.1 Å². The van der Waals surface area contributed by atoms with Gasteiger partial charge in [0, 0.05) is 25.9 Å². The van der Waals surface area contributed by atoms with E-state index in [1.54, 1.807) is 7.11 Å². The lowest BCUT2D eigenvalue weighted by Gasteiger charge is -2.06. The highest BCUT2D eigenvalue weighted by Gasteiger charge is 1.94. The van der Waals surface area contributed by atoms with E-state index >= 15 is 0 Å². The second kappa shape index (κ2) is 9.23. The summed E-state index contributed by atoms with van der Waals surface area (Å²) in [5, 5.41) is 3.05. The first-order valence-electron chi connectivity index (χ1n) is 5.35. The number of anilines is 1. The number of rotatable bonds is 5. The summed E-state index contributed by atoms with van der Waals surface area (Å²) in [6.07, 6.45) is 0.882. The summed E-state index contributed by atoms with van der Waals surface area (Å²) in [4.78, 5) is 4.19. The second-order valence-corrected chi connectivity index (χ2v) is 3.61. The Morgan fingerprint density at radius 1 is 1.47 bits per heavy atom. The lowest BCUT2D eigenvalue weighted by molar-refractivity contribution is 0.197. The normalized spacial score (nSPS) is 10.8. The molecule has 0 bridgehead atoms. The van der Waals surface area contributed by atoms with Gasteiger partial charge in [0.05, 0.1) is 0 Å². The van der Waals surface area contributed by atoms with Gasteiger partial charge in [0.1, 0.15) is 0 Å². The van der Waals surface area contributed by atoms with Crippen LogP contribution in [-0.2, 0) is 4.74 Å². The smallest absolute Gasteiger partial charge is 0.193 e. The standard InChI is InChI=1S/C12H19N3O.HI/c1-10-5-3-6-11(9-10)15-12(13)14-7-4-8-16-2;/h3,5-6,9H,4,7-8H2,1-2H3,(H3,13,14,15);1H. The molecule has 0 aliphatic rings. The number of benzene rings is 1. The van der Waals surface area contributed by atoms with E-state index in [2.05, 4.69) is 10.3 Å². The number of halogens is 1. The molecule has 5 heteroatoms. The van der Waals surface area contributed by atoms with Crippen molar-refractivity contribution in [1.82, 2.24) is 0 Å². The zero-order valence-electron chi connectivity index (χ0n) is 10.3. The summed E-state index contributed by atoms with van der Waals surface area (Å²) in [7, 11) is 1.68. The number of hydrogen-bond donors (Lipinski definition) is 2. The lowest BCUT2D eigenvalue weighted by Crippen LogP contribution is -2.23. The first-order valence-corrected chi connectivity index (χ1v) is 5.35. The van der Waals surface area contributed by atoms with Crippen molar-refractivity contribution in [3.63, 3.8) is 0 Å². The fraction of sp³-hybridized carbons (Fsp3) is 0.417. The zero-order valence-corrected chi connectivity index (χ0v) is 12.6. The molecule has 0 aliphatic heterocycles. The van der Waals surface area contributed by atoms with Gasteiger partial charge in [-0.2, -0.15) is 0 Å². The van der Waals surface area contributed by atoms with Gasteiger partial charge in [-0.3, -0.25) is 4.99 Å². The van der Waals surface area contributed by atoms with Gasteiger partial charge < -0.3 is 15.8 Å². The van der Waals surface area contributed by atoms with E-state index in [-0.39, 0.29) is 24.0 Å². The molecule has 1 aromatic carbocycles. The molecular weight excluding hydrogens is 329 g/mol. The molecule has 0 unspecified atom stereocenters. The summed E-state index contributed by atoms with van der Waals surface area (Å²) >= 11 is 0. The van der Waals surface area contributed by atoms with E-state index in [1.807, 2.05) is 31.2 Å². The van der Waals surface area contributed by atoms with Gasteiger partial charge in [-0.25, -0.2) is 0 Å². The molecule has 3 N–H and O–H groups in total. The van der Waals surface area contributed by atoms with Crippen LogP contribution >= 0.6 is 24.0 Å². The number of guanidine groups is 1. The van der Waals surface area contributed by atoms with Gasteiger partial charge in [-0.05, 0) is 31.0 Å². The molecule has 4 nitrogen and oxygen atoms in total. The van der Waals surface area contributed by atoms with Crippen LogP contribution in [0.15, 0.2) is 29.3 Å². The van der Waals surface area contributed by atoms with Gasteiger partial charge in [0.15, 0.2) is 5.96 Å². The van der Waals surface area contributed by atoms with Crippen LogP contribution in [0.3, 0.4) is 0 Å². The Labute approximate surface area is 120 Å². The van der Waals surface area contributed by atoms with Crippen LogP contribution in [0.2, 0.25) is 0 Å². The number of aryl methyl sites for hydroxylation is 1. The quantitative estimate of drug-likeness (QED) is 0.371. The van der Waals surface area contributed by atoms with Crippen LogP contribution in [0, 0.1) is 6.92 Å². The molecular formula is C12H20IN3O. The topological polar surface area (TPSA) is 59.6 Å². The first kappa shape index (κ1) is 16.2. The minimum Gasteiger partial charge on any atom is -0.385 e. The Balaban J connectivity index is 0.00000256. The Morgan fingerprint density at radius 2 is 2.24 bits per heavy atom. The molecule has 0 saturated heterocycles. The van der Waals surface area contributed by atoms with Crippen molar-refractivity contribution in [2.45, 2.75) is 13.3 Å². The minimum absolute atomic E-state index is 0. The van der Waals surface area contributed by atoms with Gasteiger partial charge >= 0.3 is 0 Å². The summed E-state index contributed by atoms with van der Waals surface area (Å²) in [6.45, 7) is 3.43. The third kappa shape index (κ3) is 7.17. The molecule has 96 valence electrons. The summed E-state index contributed by atoms with van der Waals surface area (Å²) in [5.74, 6) is 0.446. The molecule has 0 aromatic heterocycles. The number of nitrogens with one attached hydrogen (secondary N) is 1. The van der Waals surface area contributed by atoms with Gasteiger partial charge in [0.25, 0.3) is 0 Å². The van der Waals surface area contributed by atoms with Crippen molar-refractivity contribution in [3.8, 4) is 0 Å². The zero-order chi connectivity index (χ0) is 11.8. The highest BCUT2D eigenvalue weighted by molar-refractivity contribution is 14.0. The van der Waals surface area contributed by atoms with Gasteiger partial charge in [-0.15, -0.1) is 24.0 Å². The molecule has 0 spiro atoms. The highest BCUT2D eigenvalue weighted by atomic mass is 127. The van der Waals surface area contributed by atoms with E-state index in [1.165, 1.54) is 5.56 Å². The third-order valence-corrected chi connectivity index (χ3v) is 2.08. The molecule has 0 aliphatic carbocycles. The van der Waals surface area contributed by atoms with Crippen molar-refractivity contribution in [2.75, 3.05) is 25.6 Å². The average molecular weight is 349 g/mol. The summed E-state index contributed by atoms with van der Waals surface area (Å²) in [6, 6.07) is 8.01. The Morgan fingerprint density at radius 3 is 2.88 bits per heavy atom. The number of nitrogens with zero attached hydrogens (tertiary/aromatic N) is 1. The minimum atomic E-state index is 0. The predicted molar refractivity (Wildman–Crippen MR) is 83.2 cm³/mol. The molecule has 0 radical (unpaired) electrons. The number of ether oxygens (including phenoxy) is 1. The monoisotopic (exact) mass is 349 g/mol. The molecule has 0 heterocycles. The summed E-state index contributed by atoms with van der Waals surface area (Å²) < 4.78 is 4.93. The van der Waals surface area contributed by atoms with E-state index in [4.69, 9.17) is 10.5 Å². The van der Waals surface area contributed by atoms with Crippen LogP contribution < -0.4 is 11.1 Å². The molecule has 1 rings (SSSR count). The fourth-order valence-electron chi connectivity index (χ4n) is 1.32. The Hall–Kier alpha value is -0.820. The predicted octanol–water partition coefficient (Wildman–Crippen LogP) is 2.38. The van der Waals surface area contributed by atoms with Crippen molar-refractivity contribution in [3.05, 3.63) is 29.8 Å². The Kier molecular flexibility index (Phi) is 8.79. The molecule has 17 heavy (non-hydrogen) atoms. The van der Waals surface area contributed by atoms with Crippen molar-refractivity contribution >= 4 is 35.6 Å². The first-order chi connectivity index (χ1) is 7.72. The maximum atomic E-state index is 5.74. The molecule has 1 aromatic rings. The van der Waals surface area contributed by atoms with Crippen LogP contribution in [0.4, 0.5) is 5.69 Å². The number of nitrogens with two attached hydrogens (primary N) is 1. The number of methoxy groups -OCH3 is 1. The van der Waals surface area contributed by atoms with Crippen LogP contribution in [0.5, 0.6) is 0 Å². The van der Waals surface area contributed by atoms with Crippen molar-refractivity contribution < 1.29 is 4.74 Å². The second-order valence-electron chi connectivity index (χ2n) is 3.61. The maximum absolute atomic E-state index is 5.74. The molecule has 0 fully saturated rings. The van der Waals surface area contributed by atoms with Crippen molar-refractivity contribution in [2.24, 2.45) is 10.7 Å². The van der Waals surface area contributed by atoms with Crippen molar-refractivity contribution in [1.29, 1.82) is 0 Å². The van der Waals surface area contributed by atoms with Gasteiger partial charge in [0.2, 0.25) is 0 Å². The maximum Gasteiger partial charge on any atom is 0.193 e. The highest BCUT2D eigenvalue weighted by Crippen LogP contribution is 2.08. The largest absolute Gasteiger partial charge is 0.385 e. The number of aliphatic imine (C=N–C) groups is 1. The Bertz CT molecular complexity index is 355. The van der Waals surface area contributed by atoms with E-state index in [9.17, 15) is 0 Å². The van der Waals surface area contributed by atoms with E-state index < -0.39 is 0 Å². The molecule has 0 saturated carbocycles. The third-order valence-electron chi connectivity index (χ3n) is 2.08. The van der Waals surface area contributed by atoms with Crippen LogP contribution in [-0.4, -0.2) is 26.2 Å². The van der Waals surface area contributed by atoms with Crippen LogP contribution in [0.1, 0.15) is 12.0 Å².